The third-order valence-corrected chi connectivity index (χ3v) is 10.8. The number of benzene rings is 9. The van der Waals surface area contributed by atoms with E-state index in [9.17, 15) is 26.3 Å². The van der Waals surface area contributed by atoms with Crippen LogP contribution in [0, 0.1) is 56.7 Å². The largest absolute Gasteiger partial charge is 0.192 e. The van der Waals surface area contributed by atoms with Gasteiger partial charge < -0.3 is 0 Å². The smallest absolute Gasteiger partial charge is 0.102 e. The minimum absolute atomic E-state index is 0.0905. The lowest BCUT2D eigenvalue weighted by molar-refractivity contribution is 1.34. The van der Waals surface area contributed by atoms with Gasteiger partial charge in [0.05, 0.1) is 27.8 Å². The molecule has 0 radical (unpaired) electrons. The molecule has 5 heteroatoms. The lowest BCUT2D eigenvalue weighted by atomic mass is 9.84. The quantitative estimate of drug-likeness (QED) is 0.136. The van der Waals surface area contributed by atoms with Gasteiger partial charge in [-0.3, -0.25) is 0 Å². The Balaban J connectivity index is 1.22. The van der Waals surface area contributed by atoms with Crippen LogP contribution in [0.2, 0.25) is 0 Å². The van der Waals surface area contributed by atoms with Crippen LogP contribution in [0.1, 0.15) is 27.8 Å². The van der Waals surface area contributed by atoms with E-state index in [0.717, 1.165) is 44.2 Å². The van der Waals surface area contributed by atoms with Crippen molar-refractivity contribution in [3.05, 3.63) is 143 Å². The Kier molecular flexibility index (Phi) is 5.84. The van der Waals surface area contributed by atoms with Crippen molar-refractivity contribution in [2.45, 2.75) is 0 Å². The van der Waals surface area contributed by atoms with Crippen LogP contribution in [-0.2, 0) is 0 Å². The molecule has 5 nitrogen and oxygen atoms in total. The molecule has 0 atom stereocenters. The molecule has 0 saturated carbocycles. The van der Waals surface area contributed by atoms with Gasteiger partial charge in [-0.05, 0) is 98.9 Å². The maximum absolute atomic E-state index is 10.2. The summed E-state index contributed by atoms with van der Waals surface area (Å²) in [6.07, 6.45) is 0. The van der Waals surface area contributed by atoms with Crippen molar-refractivity contribution in [3.63, 3.8) is 0 Å². The topological polar surface area (TPSA) is 119 Å². The summed E-state index contributed by atoms with van der Waals surface area (Å²) in [6.45, 7) is 0. The average molecular weight is 654 g/mol. The zero-order chi connectivity index (χ0) is 35.2. The van der Waals surface area contributed by atoms with Crippen molar-refractivity contribution >= 4 is 53.9 Å². The van der Waals surface area contributed by atoms with Gasteiger partial charge in [0.2, 0.25) is 0 Å². The van der Waals surface area contributed by atoms with Gasteiger partial charge in [-0.25, -0.2) is 0 Å². The highest BCUT2D eigenvalue weighted by Gasteiger charge is 2.28. The van der Waals surface area contributed by atoms with E-state index in [0.29, 0.717) is 5.56 Å². The zero-order valence-electron chi connectivity index (χ0n) is 27.2. The fraction of sp³-hybridized carbons (Fsp3) is 0. The molecule has 0 amide bonds. The van der Waals surface area contributed by atoms with E-state index in [2.05, 4.69) is 109 Å². The van der Waals surface area contributed by atoms with Gasteiger partial charge in [-0.1, -0.05) is 109 Å². The van der Waals surface area contributed by atoms with E-state index >= 15 is 0 Å². The van der Waals surface area contributed by atoms with Crippen LogP contribution in [0.25, 0.3) is 98.4 Å². The SMILES string of the molecule is N#Cc1c(C#N)c(C#N)c(-c2ccc3c(c2)-c2cccc4c(-c5ccc6c7cccc8cccc(c9cccc5c96)c87)ccc-3c24)c(C#N)c1C#N. The Morgan fingerprint density at radius 2 is 0.750 bits per heavy atom. The third kappa shape index (κ3) is 3.55. The predicted molar refractivity (Wildman–Crippen MR) is 204 cm³/mol. The van der Waals surface area contributed by atoms with Crippen molar-refractivity contribution in [1.82, 2.24) is 0 Å². The predicted octanol–water partition coefficient (Wildman–Crippen LogP) is 11.2. The number of fused-ring (bicyclic) bond motifs is 5. The fourth-order valence-corrected chi connectivity index (χ4v) is 8.73. The van der Waals surface area contributed by atoms with E-state index in [1.54, 1.807) is 0 Å². The van der Waals surface area contributed by atoms with Crippen molar-refractivity contribution in [2.24, 2.45) is 0 Å². The molecule has 0 bridgehead atoms. The first-order valence-corrected chi connectivity index (χ1v) is 16.7. The molecule has 0 aromatic heterocycles. The summed E-state index contributed by atoms with van der Waals surface area (Å²) in [7, 11) is 0. The molecule has 52 heavy (non-hydrogen) atoms. The summed E-state index contributed by atoms with van der Waals surface area (Å²) in [5.41, 5.74) is 6.16. The molecule has 0 N–H and O–H groups in total. The highest BCUT2D eigenvalue weighted by molar-refractivity contribution is 6.34. The standard InChI is InChI=1S/C47H19N5/c48-20-39-40(21-49)42(23-51)45(43(24-52)41(39)22-50)26-13-14-29-36-17-15-27(31-10-4-12-35(47(31)36)38(29)19-26)28-16-18-37-33-8-2-6-25-5-1-7-32(44(25)33)34-11-3-9-30(28)46(34)37/h1-19H. The molecular formula is C47H19N5. The second kappa shape index (κ2) is 10.5. The molecule has 9 aromatic carbocycles. The van der Waals surface area contributed by atoms with Crippen molar-refractivity contribution in [1.29, 1.82) is 26.3 Å². The van der Waals surface area contributed by atoms with Crippen molar-refractivity contribution in [3.8, 4) is 74.9 Å². The number of hydrogen-bond acceptors (Lipinski definition) is 5. The first-order chi connectivity index (χ1) is 25.6. The minimum Gasteiger partial charge on any atom is -0.192 e. The molecule has 0 heterocycles. The Labute approximate surface area is 297 Å². The van der Waals surface area contributed by atoms with Gasteiger partial charge >= 0.3 is 0 Å². The van der Waals surface area contributed by atoms with E-state index in [-0.39, 0.29) is 33.4 Å². The number of nitriles is 5. The fourth-order valence-electron chi connectivity index (χ4n) is 8.73. The lowest BCUT2D eigenvalue weighted by Gasteiger charge is -2.17. The molecule has 0 aliphatic heterocycles. The molecule has 0 unspecified atom stereocenters. The zero-order valence-corrected chi connectivity index (χ0v) is 27.2. The van der Waals surface area contributed by atoms with E-state index in [1.165, 1.54) is 43.1 Å². The summed E-state index contributed by atoms with van der Waals surface area (Å²) in [5.74, 6) is 0. The summed E-state index contributed by atoms with van der Waals surface area (Å²) in [6, 6.07) is 50.4. The first-order valence-electron chi connectivity index (χ1n) is 16.7. The Bertz CT molecular complexity index is 3250. The second-order valence-electron chi connectivity index (χ2n) is 13.1. The lowest BCUT2D eigenvalue weighted by Crippen LogP contribution is -2.03. The molecular weight excluding hydrogens is 635 g/mol. The second-order valence-corrected chi connectivity index (χ2v) is 13.1. The van der Waals surface area contributed by atoms with E-state index in [4.69, 9.17) is 0 Å². The van der Waals surface area contributed by atoms with Crippen LogP contribution in [0.5, 0.6) is 0 Å². The van der Waals surface area contributed by atoms with Crippen LogP contribution in [0.3, 0.4) is 0 Å². The van der Waals surface area contributed by atoms with Crippen molar-refractivity contribution in [2.75, 3.05) is 0 Å². The van der Waals surface area contributed by atoms with Gasteiger partial charge in [0.15, 0.2) is 0 Å². The number of nitrogens with zero attached hydrogens (tertiary/aromatic N) is 5. The van der Waals surface area contributed by atoms with Gasteiger partial charge in [0.1, 0.15) is 30.3 Å². The van der Waals surface area contributed by atoms with Gasteiger partial charge in [-0.15, -0.1) is 0 Å². The minimum atomic E-state index is -0.257. The maximum atomic E-state index is 10.2. The monoisotopic (exact) mass is 653 g/mol. The molecule has 232 valence electrons. The molecule has 0 saturated heterocycles. The van der Waals surface area contributed by atoms with Gasteiger partial charge in [0.25, 0.3) is 0 Å². The van der Waals surface area contributed by atoms with Gasteiger partial charge in [0, 0.05) is 5.56 Å². The van der Waals surface area contributed by atoms with E-state index < -0.39 is 0 Å². The van der Waals surface area contributed by atoms with Crippen LogP contribution in [-0.4, -0.2) is 0 Å². The summed E-state index contributed by atoms with van der Waals surface area (Å²) >= 11 is 0. The summed E-state index contributed by atoms with van der Waals surface area (Å²) in [5, 5.41) is 62.3. The molecule has 0 spiro atoms. The maximum Gasteiger partial charge on any atom is 0.102 e. The summed E-state index contributed by atoms with van der Waals surface area (Å²) in [4.78, 5) is 0. The number of rotatable bonds is 2. The Morgan fingerprint density at radius 3 is 1.38 bits per heavy atom. The highest BCUT2D eigenvalue weighted by atomic mass is 14.4. The third-order valence-electron chi connectivity index (χ3n) is 10.8. The molecule has 0 fully saturated rings. The van der Waals surface area contributed by atoms with Crippen LogP contribution in [0.15, 0.2) is 115 Å². The molecule has 10 rings (SSSR count). The Hall–Kier alpha value is -8.01. The normalized spacial score (nSPS) is 11.4. The molecule has 9 aromatic rings. The molecule has 1 aliphatic carbocycles. The van der Waals surface area contributed by atoms with Crippen molar-refractivity contribution < 1.29 is 0 Å². The molecule has 1 aliphatic rings. The van der Waals surface area contributed by atoms with E-state index in [1.807, 2.05) is 36.4 Å². The van der Waals surface area contributed by atoms with Crippen LogP contribution < -0.4 is 0 Å². The average Bonchev–Trinajstić information content (AvgIpc) is 3.52. The van der Waals surface area contributed by atoms with Crippen LogP contribution in [0.4, 0.5) is 0 Å². The Morgan fingerprint density at radius 1 is 0.308 bits per heavy atom. The highest BCUT2D eigenvalue weighted by Crippen LogP contribution is 2.52. The summed E-state index contributed by atoms with van der Waals surface area (Å²) < 4.78 is 0. The number of hydrogen-bond donors (Lipinski definition) is 0. The van der Waals surface area contributed by atoms with Crippen LogP contribution >= 0.6 is 0 Å². The first kappa shape index (κ1) is 29.0. The van der Waals surface area contributed by atoms with Gasteiger partial charge in [-0.2, -0.15) is 26.3 Å².